The largest absolute Gasteiger partial charge is 0.508 e. The van der Waals surface area contributed by atoms with Crippen LogP contribution in [0.5, 0.6) is 11.5 Å². The van der Waals surface area contributed by atoms with Crippen LogP contribution in [0.4, 0.5) is 0 Å². The second kappa shape index (κ2) is 6.67. The van der Waals surface area contributed by atoms with E-state index < -0.39 is 5.97 Å². The van der Waals surface area contributed by atoms with Gasteiger partial charge in [-0.05, 0) is 60.1 Å². The Morgan fingerprint density at radius 3 is 2.50 bits per heavy atom. The van der Waals surface area contributed by atoms with Gasteiger partial charge >= 0.3 is 5.97 Å². The Balaban J connectivity index is 1.95. The van der Waals surface area contributed by atoms with E-state index in [1.165, 1.54) is 21.8 Å². The van der Waals surface area contributed by atoms with Crippen molar-refractivity contribution in [2.45, 2.75) is 39.0 Å². The van der Waals surface area contributed by atoms with Crippen LogP contribution in [0.2, 0.25) is 0 Å². The number of aromatic nitrogens is 3. The molecule has 0 saturated heterocycles. The third kappa shape index (κ3) is 2.89. The lowest BCUT2D eigenvalue weighted by molar-refractivity contribution is 0.0681. The van der Waals surface area contributed by atoms with Gasteiger partial charge in [0.05, 0.1) is 5.56 Å². The molecule has 0 saturated carbocycles. The number of fused-ring (bicyclic) bond motifs is 1. The van der Waals surface area contributed by atoms with Crippen LogP contribution < -0.4 is 0 Å². The molecule has 7 heteroatoms. The zero-order valence-electron chi connectivity index (χ0n) is 15.7. The minimum absolute atomic E-state index is 0.00894. The van der Waals surface area contributed by atoms with Gasteiger partial charge in [0, 0.05) is 11.8 Å². The van der Waals surface area contributed by atoms with Crippen molar-refractivity contribution >= 4 is 5.97 Å². The summed E-state index contributed by atoms with van der Waals surface area (Å²) < 4.78 is 1.44. The molecule has 0 radical (unpaired) electrons. The van der Waals surface area contributed by atoms with Crippen LogP contribution in [-0.2, 0) is 12.8 Å². The number of phenolic OH excluding ortho intramolecular Hbond substituents is 2. The predicted molar refractivity (Wildman–Crippen MR) is 103 cm³/mol. The molecule has 3 aromatic rings. The van der Waals surface area contributed by atoms with E-state index in [4.69, 9.17) is 0 Å². The van der Waals surface area contributed by atoms with Crippen molar-refractivity contribution in [2.75, 3.05) is 0 Å². The molecule has 0 fully saturated rings. The molecule has 0 spiro atoms. The van der Waals surface area contributed by atoms with Gasteiger partial charge in [-0.25, -0.2) is 4.79 Å². The summed E-state index contributed by atoms with van der Waals surface area (Å²) >= 11 is 0. The number of carboxylic acid groups (broad SMARTS) is 1. The molecule has 1 aliphatic carbocycles. The van der Waals surface area contributed by atoms with Crippen LogP contribution >= 0.6 is 0 Å². The van der Waals surface area contributed by atoms with Gasteiger partial charge in [0.15, 0.2) is 5.82 Å². The molecular weight excluding hydrogens is 358 g/mol. The first kappa shape index (κ1) is 18.0. The number of aromatic hydroxyl groups is 2. The summed E-state index contributed by atoms with van der Waals surface area (Å²) in [6, 6.07) is 8.71. The number of benzene rings is 2. The van der Waals surface area contributed by atoms with E-state index in [2.05, 4.69) is 10.2 Å². The van der Waals surface area contributed by atoms with Crippen LogP contribution in [0.3, 0.4) is 0 Å². The van der Waals surface area contributed by atoms with Gasteiger partial charge in [-0.2, -0.15) is 0 Å². The highest BCUT2D eigenvalue weighted by Gasteiger charge is 2.25. The average molecular weight is 379 g/mol. The van der Waals surface area contributed by atoms with Crippen LogP contribution in [-0.4, -0.2) is 36.1 Å². The number of hydrogen-bond acceptors (Lipinski definition) is 5. The normalized spacial score (nSPS) is 13.1. The van der Waals surface area contributed by atoms with Crippen LogP contribution in [0.25, 0.3) is 17.1 Å². The van der Waals surface area contributed by atoms with Crippen LogP contribution in [0.1, 0.15) is 53.5 Å². The average Bonchev–Trinajstić information content (AvgIpc) is 3.27. The van der Waals surface area contributed by atoms with E-state index in [1.807, 2.05) is 32.0 Å². The Labute approximate surface area is 161 Å². The molecule has 0 bridgehead atoms. The molecule has 0 atom stereocenters. The Kier molecular flexibility index (Phi) is 4.30. The number of hydrogen-bond donors (Lipinski definition) is 3. The van der Waals surface area contributed by atoms with Gasteiger partial charge in [0.1, 0.15) is 11.5 Å². The molecule has 1 aliphatic rings. The second-order valence-electron chi connectivity index (χ2n) is 7.38. The number of aromatic carboxylic acids is 1. The number of nitrogens with zero attached hydrogens (tertiary/aromatic N) is 3. The van der Waals surface area contributed by atoms with E-state index in [0.29, 0.717) is 16.8 Å². The topological polar surface area (TPSA) is 108 Å². The van der Waals surface area contributed by atoms with Gasteiger partial charge < -0.3 is 15.3 Å². The maximum Gasteiger partial charge on any atom is 0.374 e. The Hall–Kier alpha value is -3.35. The zero-order chi connectivity index (χ0) is 20.0. The van der Waals surface area contributed by atoms with Crippen LogP contribution in [0, 0.1) is 0 Å². The highest BCUT2D eigenvalue weighted by Crippen LogP contribution is 2.38. The highest BCUT2D eigenvalue weighted by molar-refractivity contribution is 5.86. The molecule has 0 aliphatic heterocycles. The summed E-state index contributed by atoms with van der Waals surface area (Å²) in [5.41, 5.74) is 4.04. The summed E-state index contributed by atoms with van der Waals surface area (Å²) in [6.45, 7) is 3.84. The van der Waals surface area contributed by atoms with Crippen molar-refractivity contribution in [1.29, 1.82) is 0 Å². The fourth-order valence-electron chi connectivity index (χ4n) is 3.77. The second-order valence-corrected chi connectivity index (χ2v) is 7.38. The Morgan fingerprint density at radius 2 is 1.79 bits per heavy atom. The zero-order valence-corrected chi connectivity index (χ0v) is 15.7. The molecule has 144 valence electrons. The first-order chi connectivity index (χ1) is 13.4. The van der Waals surface area contributed by atoms with E-state index >= 15 is 0 Å². The van der Waals surface area contributed by atoms with Gasteiger partial charge in [-0.1, -0.05) is 19.9 Å². The first-order valence-corrected chi connectivity index (χ1v) is 9.24. The van der Waals surface area contributed by atoms with Crippen molar-refractivity contribution in [3.05, 3.63) is 52.8 Å². The first-order valence-electron chi connectivity index (χ1n) is 9.24. The van der Waals surface area contributed by atoms with E-state index in [9.17, 15) is 20.1 Å². The van der Waals surface area contributed by atoms with Gasteiger partial charge in [-0.3, -0.25) is 4.57 Å². The maximum absolute atomic E-state index is 11.8. The van der Waals surface area contributed by atoms with Gasteiger partial charge in [0.25, 0.3) is 0 Å². The third-order valence-electron chi connectivity index (χ3n) is 5.20. The van der Waals surface area contributed by atoms with Crippen molar-refractivity contribution in [3.8, 4) is 28.6 Å². The number of phenols is 2. The van der Waals surface area contributed by atoms with Gasteiger partial charge in [-0.15, -0.1) is 10.2 Å². The summed E-state index contributed by atoms with van der Waals surface area (Å²) in [7, 11) is 0. The molecule has 0 amide bonds. The molecule has 1 aromatic heterocycles. The van der Waals surface area contributed by atoms with Crippen molar-refractivity contribution in [3.63, 3.8) is 0 Å². The number of carboxylic acids is 1. The van der Waals surface area contributed by atoms with Crippen molar-refractivity contribution in [2.24, 2.45) is 0 Å². The minimum Gasteiger partial charge on any atom is -0.508 e. The fraction of sp³-hybridized carbons (Fsp3) is 0.286. The molecule has 2 aromatic carbocycles. The standard InChI is InChI=1S/C21H21N3O4/c1-11(2)15-9-16(18(26)10-17(15)25)19-22-23-20(21(27)28)24(19)14-7-6-12-4-3-5-13(12)8-14/h6-11,25-26H,3-5H2,1-2H3,(H,27,28). The lowest BCUT2D eigenvalue weighted by Gasteiger charge is -2.14. The number of rotatable bonds is 4. The lowest BCUT2D eigenvalue weighted by Crippen LogP contribution is -2.09. The van der Waals surface area contributed by atoms with Crippen molar-refractivity contribution < 1.29 is 20.1 Å². The van der Waals surface area contributed by atoms with E-state index in [1.54, 1.807) is 6.07 Å². The summed E-state index contributed by atoms with van der Waals surface area (Å²) in [6.07, 6.45) is 3.05. The third-order valence-corrected chi connectivity index (χ3v) is 5.20. The van der Waals surface area contributed by atoms with E-state index in [-0.39, 0.29) is 29.1 Å². The van der Waals surface area contributed by atoms with E-state index in [0.717, 1.165) is 19.3 Å². The molecule has 0 unspecified atom stereocenters. The Morgan fingerprint density at radius 1 is 1.04 bits per heavy atom. The predicted octanol–water partition coefficient (Wildman–Crippen LogP) is 3.66. The highest BCUT2D eigenvalue weighted by atomic mass is 16.4. The summed E-state index contributed by atoms with van der Waals surface area (Å²) in [4.78, 5) is 11.8. The number of carbonyl (C=O) groups is 1. The van der Waals surface area contributed by atoms with Crippen LogP contribution in [0.15, 0.2) is 30.3 Å². The molecule has 4 rings (SSSR count). The monoisotopic (exact) mass is 379 g/mol. The molecular formula is C21H21N3O4. The SMILES string of the molecule is CC(C)c1cc(-c2nnc(C(=O)O)n2-c2ccc3c(c2)CCC3)c(O)cc1O. The maximum atomic E-state index is 11.8. The van der Waals surface area contributed by atoms with Crippen molar-refractivity contribution in [1.82, 2.24) is 14.8 Å². The van der Waals surface area contributed by atoms with Gasteiger partial charge in [0.2, 0.25) is 5.82 Å². The molecule has 1 heterocycles. The quantitative estimate of drug-likeness (QED) is 0.638. The number of aryl methyl sites for hydroxylation is 2. The summed E-state index contributed by atoms with van der Waals surface area (Å²) in [5, 5.41) is 38.1. The lowest BCUT2D eigenvalue weighted by atomic mass is 9.98. The Bertz CT molecular complexity index is 1090. The smallest absolute Gasteiger partial charge is 0.374 e. The molecule has 7 nitrogen and oxygen atoms in total. The summed E-state index contributed by atoms with van der Waals surface area (Å²) in [5.74, 6) is -1.41. The fourth-order valence-corrected chi connectivity index (χ4v) is 3.77. The molecule has 28 heavy (non-hydrogen) atoms. The minimum atomic E-state index is -1.21. The molecule has 3 N–H and O–H groups in total.